The van der Waals surface area contributed by atoms with E-state index >= 15 is 0 Å². The van der Waals surface area contributed by atoms with Crippen LogP contribution in [0.5, 0.6) is 0 Å². The van der Waals surface area contributed by atoms with E-state index in [2.05, 4.69) is 10.1 Å². The number of amides is 3. The molecule has 2 aromatic heterocycles. The van der Waals surface area contributed by atoms with Crippen LogP contribution in [-0.2, 0) is 0 Å². The van der Waals surface area contributed by atoms with Crippen molar-refractivity contribution in [1.29, 1.82) is 0 Å². The van der Waals surface area contributed by atoms with Gasteiger partial charge in [0.05, 0.1) is 17.9 Å². The van der Waals surface area contributed by atoms with E-state index in [1.54, 1.807) is 29.2 Å². The minimum atomic E-state index is -0.0481. The minimum absolute atomic E-state index is 0.00481. The SMILES string of the molecule is CN1CCN(c2cnn(C3CCN(C(=O)c4nccc5ccccc45)C3)c2)C1=O. The number of carbonyl (C=O) groups is 2. The van der Waals surface area contributed by atoms with Gasteiger partial charge in [-0.25, -0.2) is 4.79 Å². The Balaban J connectivity index is 1.33. The van der Waals surface area contributed by atoms with Crippen LogP contribution in [0.25, 0.3) is 10.8 Å². The van der Waals surface area contributed by atoms with Crippen LogP contribution >= 0.6 is 0 Å². The molecule has 2 fully saturated rings. The number of nitrogens with zero attached hydrogens (tertiary/aromatic N) is 6. The summed E-state index contributed by atoms with van der Waals surface area (Å²) in [5, 5.41) is 6.36. The maximum absolute atomic E-state index is 13.1. The molecule has 0 bridgehead atoms. The average Bonchev–Trinajstić information content (AvgIpc) is 3.48. The number of aromatic nitrogens is 3. The average molecular weight is 390 g/mol. The zero-order valence-corrected chi connectivity index (χ0v) is 16.2. The van der Waals surface area contributed by atoms with Gasteiger partial charge in [-0.3, -0.25) is 19.4 Å². The molecular formula is C21H22N6O2. The third-order valence-electron chi connectivity index (χ3n) is 5.82. The zero-order chi connectivity index (χ0) is 20.0. The highest BCUT2D eigenvalue weighted by atomic mass is 16.2. The van der Waals surface area contributed by atoms with Crippen molar-refractivity contribution in [3.8, 4) is 0 Å². The Morgan fingerprint density at radius 1 is 1.14 bits per heavy atom. The number of urea groups is 1. The summed E-state index contributed by atoms with van der Waals surface area (Å²) in [7, 11) is 1.80. The quantitative estimate of drug-likeness (QED) is 0.688. The highest BCUT2D eigenvalue weighted by Crippen LogP contribution is 2.27. The number of benzene rings is 1. The van der Waals surface area contributed by atoms with Crippen LogP contribution < -0.4 is 4.90 Å². The van der Waals surface area contributed by atoms with Gasteiger partial charge in [-0.15, -0.1) is 0 Å². The van der Waals surface area contributed by atoms with Crippen LogP contribution in [0.1, 0.15) is 23.0 Å². The zero-order valence-electron chi connectivity index (χ0n) is 16.2. The Bertz CT molecular complexity index is 1090. The molecular weight excluding hydrogens is 368 g/mol. The maximum atomic E-state index is 13.1. The number of pyridine rings is 1. The molecule has 0 aliphatic carbocycles. The van der Waals surface area contributed by atoms with Gasteiger partial charge in [-0.05, 0) is 17.9 Å². The minimum Gasteiger partial charge on any atom is -0.335 e. The second-order valence-corrected chi connectivity index (χ2v) is 7.61. The van der Waals surface area contributed by atoms with Crippen molar-refractivity contribution in [2.24, 2.45) is 0 Å². The third kappa shape index (κ3) is 3.00. The molecule has 8 heteroatoms. The highest BCUT2D eigenvalue weighted by Gasteiger charge is 2.32. The van der Waals surface area contributed by atoms with Gasteiger partial charge in [0.2, 0.25) is 0 Å². The summed E-state index contributed by atoms with van der Waals surface area (Å²) in [6, 6.07) is 9.82. The molecule has 1 atom stereocenters. The molecule has 1 aromatic carbocycles. The molecule has 4 heterocycles. The first-order valence-electron chi connectivity index (χ1n) is 9.81. The van der Waals surface area contributed by atoms with Crippen molar-refractivity contribution in [1.82, 2.24) is 24.6 Å². The normalized spacial score (nSPS) is 19.6. The Morgan fingerprint density at radius 2 is 2.00 bits per heavy atom. The largest absolute Gasteiger partial charge is 0.335 e. The molecule has 29 heavy (non-hydrogen) atoms. The second kappa shape index (κ2) is 6.88. The number of likely N-dealkylation sites (N-methyl/N-ethyl adjacent to an activating group) is 1. The van der Waals surface area contributed by atoms with E-state index in [0.717, 1.165) is 22.9 Å². The fourth-order valence-electron chi connectivity index (χ4n) is 4.14. The number of carbonyl (C=O) groups excluding carboxylic acids is 2. The lowest BCUT2D eigenvalue weighted by atomic mass is 10.1. The van der Waals surface area contributed by atoms with Gasteiger partial charge in [0, 0.05) is 51.0 Å². The van der Waals surface area contributed by atoms with Crippen LogP contribution in [0.2, 0.25) is 0 Å². The number of hydrogen-bond donors (Lipinski definition) is 0. The summed E-state index contributed by atoms with van der Waals surface area (Å²) < 4.78 is 1.88. The van der Waals surface area contributed by atoms with Gasteiger partial charge in [0.1, 0.15) is 5.69 Å². The fraction of sp³-hybridized carbons (Fsp3) is 0.333. The van der Waals surface area contributed by atoms with Gasteiger partial charge in [0.15, 0.2) is 0 Å². The number of hydrogen-bond acceptors (Lipinski definition) is 4. The van der Waals surface area contributed by atoms with Gasteiger partial charge in [0.25, 0.3) is 5.91 Å². The molecule has 0 saturated carbocycles. The van der Waals surface area contributed by atoms with E-state index < -0.39 is 0 Å². The van der Waals surface area contributed by atoms with E-state index in [4.69, 9.17) is 0 Å². The highest BCUT2D eigenvalue weighted by molar-refractivity contribution is 6.05. The van der Waals surface area contributed by atoms with Gasteiger partial charge in [-0.2, -0.15) is 5.10 Å². The Labute approximate surface area is 168 Å². The molecule has 0 radical (unpaired) electrons. The molecule has 3 aromatic rings. The first-order chi connectivity index (χ1) is 14.1. The summed E-state index contributed by atoms with van der Waals surface area (Å²) in [5.41, 5.74) is 1.30. The third-order valence-corrected chi connectivity index (χ3v) is 5.82. The Kier molecular flexibility index (Phi) is 4.19. The summed E-state index contributed by atoms with van der Waals surface area (Å²) in [6.45, 7) is 2.63. The smallest absolute Gasteiger partial charge is 0.324 e. The Hall–Kier alpha value is -3.42. The molecule has 5 rings (SSSR count). The molecule has 8 nitrogen and oxygen atoms in total. The van der Waals surface area contributed by atoms with E-state index in [1.807, 2.05) is 46.1 Å². The molecule has 1 unspecified atom stereocenters. The van der Waals surface area contributed by atoms with Gasteiger partial charge >= 0.3 is 6.03 Å². The van der Waals surface area contributed by atoms with Crippen molar-refractivity contribution in [3.05, 3.63) is 54.6 Å². The number of fused-ring (bicyclic) bond motifs is 1. The van der Waals surface area contributed by atoms with Gasteiger partial charge in [-0.1, -0.05) is 24.3 Å². The second-order valence-electron chi connectivity index (χ2n) is 7.61. The molecule has 3 amide bonds. The lowest BCUT2D eigenvalue weighted by molar-refractivity contribution is 0.0783. The topological polar surface area (TPSA) is 74.6 Å². The fourth-order valence-corrected chi connectivity index (χ4v) is 4.14. The molecule has 2 aliphatic rings. The standard InChI is InChI=1S/C21H22N6O2/c1-24-10-11-26(21(24)29)17-12-23-27(14-17)16-7-9-25(13-16)20(28)19-18-5-3-2-4-15(18)6-8-22-19/h2-6,8,12,14,16H,7,9-11,13H2,1H3. The summed E-state index contributed by atoms with van der Waals surface area (Å²) in [5.74, 6) is -0.0481. The van der Waals surface area contributed by atoms with Crippen LogP contribution in [0, 0.1) is 0 Å². The van der Waals surface area contributed by atoms with Crippen molar-refractivity contribution in [2.45, 2.75) is 12.5 Å². The molecule has 148 valence electrons. The van der Waals surface area contributed by atoms with Gasteiger partial charge < -0.3 is 9.80 Å². The summed E-state index contributed by atoms with van der Waals surface area (Å²) in [6.07, 6.45) is 6.15. The maximum Gasteiger partial charge on any atom is 0.324 e. The molecule has 0 spiro atoms. The predicted octanol–water partition coefficient (Wildman–Crippen LogP) is 2.39. The van der Waals surface area contributed by atoms with E-state index in [9.17, 15) is 9.59 Å². The summed E-state index contributed by atoms with van der Waals surface area (Å²) >= 11 is 0. The first-order valence-corrected chi connectivity index (χ1v) is 9.81. The predicted molar refractivity (Wildman–Crippen MR) is 109 cm³/mol. The number of likely N-dealkylation sites (tertiary alicyclic amines) is 1. The number of rotatable bonds is 3. The molecule has 0 N–H and O–H groups in total. The van der Waals surface area contributed by atoms with E-state index in [0.29, 0.717) is 31.9 Å². The molecule has 2 aliphatic heterocycles. The lowest BCUT2D eigenvalue weighted by Crippen LogP contribution is -2.30. The van der Waals surface area contributed by atoms with Crippen LogP contribution in [0.3, 0.4) is 0 Å². The van der Waals surface area contributed by atoms with Crippen molar-refractivity contribution >= 4 is 28.4 Å². The van der Waals surface area contributed by atoms with Crippen molar-refractivity contribution in [3.63, 3.8) is 0 Å². The van der Waals surface area contributed by atoms with Crippen LogP contribution in [0.15, 0.2) is 48.9 Å². The lowest BCUT2D eigenvalue weighted by Gasteiger charge is -2.17. The van der Waals surface area contributed by atoms with Crippen LogP contribution in [0.4, 0.5) is 10.5 Å². The van der Waals surface area contributed by atoms with E-state index in [1.165, 1.54) is 0 Å². The van der Waals surface area contributed by atoms with E-state index in [-0.39, 0.29) is 18.0 Å². The number of anilines is 1. The summed E-state index contributed by atoms with van der Waals surface area (Å²) in [4.78, 5) is 34.9. The first kappa shape index (κ1) is 17.7. The van der Waals surface area contributed by atoms with Crippen molar-refractivity contribution in [2.75, 3.05) is 38.1 Å². The van der Waals surface area contributed by atoms with Crippen LogP contribution in [-0.4, -0.2) is 69.7 Å². The molecule has 2 saturated heterocycles. The monoisotopic (exact) mass is 390 g/mol. The Morgan fingerprint density at radius 3 is 2.83 bits per heavy atom. The van der Waals surface area contributed by atoms with Crippen molar-refractivity contribution < 1.29 is 9.59 Å².